The van der Waals surface area contributed by atoms with E-state index in [9.17, 15) is 4.39 Å². The van der Waals surface area contributed by atoms with Crippen molar-refractivity contribution in [1.82, 2.24) is 0 Å². The van der Waals surface area contributed by atoms with Crippen molar-refractivity contribution < 1.29 is 4.39 Å². The van der Waals surface area contributed by atoms with Crippen molar-refractivity contribution in [3.8, 4) is 0 Å². The third-order valence-electron chi connectivity index (χ3n) is 2.15. The minimum atomic E-state index is -0.965. The predicted molar refractivity (Wildman–Crippen MR) is 36.1 cm³/mol. The first-order chi connectivity index (χ1) is 3.46. The van der Waals surface area contributed by atoms with E-state index in [2.05, 4.69) is 15.9 Å². The van der Waals surface area contributed by atoms with Gasteiger partial charge in [0.2, 0.25) is 0 Å². The second kappa shape index (κ2) is 1.47. The largest absolute Gasteiger partial charge is 0.243 e. The molecular formula is C6H10BrF. The molecule has 48 valence electrons. The third-order valence-corrected chi connectivity index (χ3v) is 3.37. The maximum absolute atomic E-state index is 12.9. The Labute approximate surface area is 57.6 Å². The van der Waals surface area contributed by atoms with E-state index in [4.69, 9.17) is 0 Å². The van der Waals surface area contributed by atoms with Gasteiger partial charge in [-0.1, -0.05) is 15.9 Å². The Morgan fingerprint density at radius 1 is 1.38 bits per heavy atom. The standard InChI is InChI=1S/C6H10BrF/c1-5(7)3-4-6(5,2)8/h3-4H2,1-2H3/t5-,6-/m1/s1. The van der Waals surface area contributed by atoms with Gasteiger partial charge in [-0.05, 0) is 26.7 Å². The van der Waals surface area contributed by atoms with Crippen LogP contribution in [0.1, 0.15) is 26.7 Å². The van der Waals surface area contributed by atoms with Crippen LogP contribution in [0, 0.1) is 0 Å². The monoisotopic (exact) mass is 180 g/mol. The van der Waals surface area contributed by atoms with Gasteiger partial charge in [0.25, 0.3) is 0 Å². The normalized spacial score (nSPS) is 55.5. The Hall–Kier alpha value is 0.410. The molecule has 0 amide bonds. The van der Waals surface area contributed by atoms with E-state index >= 15 is 0 Å². The minimum absolute atomic E-state index is 0.236. The van der Waals surface area contributed by atoms with Crippen LogP contribution in [0.5, 0.6) is 0 Å². The Morgan fingerprint density at radius 2 is 1.75 bits per heavy atom. The fraction of sp³-hybridized carbons (Fsp3) is 1.00. The van der Waals surface area contributed by atoms with Crippen LogP contribution in [0.4, 0.5) is 4.39 Å². The molecule has 0 unspecified atom stereocenters. The maximum Gasteiger partial charge on any atom is 0.123 e. The molecule has 1 fully saturated rings. The highest BCUT2D eigenvalue weighted by Gasteiger charge is 2.51. The lowest BCUT2D eigenvalue weighted by Crippen LogP contribution is -2.51. The summed E-state index contributed by atoms with van der Waals surface area (Å²) in [5.74, 6) is 0. The van der Waals surface area contributed by atoms with Crippen molar-refractivity contribution in [2.24, 2.45) is 0 Å². The highest BCUT2D eigenvalue weighted by atomic mass is 79.9. The molecule has 0 aromatic heterocycles. The third kappa shape index (κ3) is 0.697. The van der Waals surface area contributed by atoms with Gasteiger partial charge < -0.3 is 0 Å². The maximum atomic E-state index is 12.9. The summed E-state index contributed by atoms with van der Waals surface area (Å²) in [5, 5.41) is 0. The van der Waals surface area contributed by atoms with E-state index in [0.29, 0.717) is 6.42 Å². The summed E-state index contributed by atoms with van der Waals surface area (Å²) in [7, 11) is 0. The fourth-order valence-corrected chi connectivity index (χ4v) is 1.21. The molecule has 0 aromatic rings. The van der Waals surface area contributed by atoms with Crippen molar-refractivity contribution in [1.29, 1.82) is 0 Å². The van der Waals surface area contributed by atoms with Gasteiger partial charge in [-0.3, -0.25) is 0 Å². The van der Waals surface area contributed by atoms with E-state index in [-0.39, 0.29) is 4.32 Å². The van der Waals surface area contributed by atoms with Crippen molar-refractivity contribution in [3.05, 3.63) is 0 Å². The summed E-state index contributed by atoms with van der Waals surface area (Å²) in [6.07, 6.45) is 1.66. The lowest BCUT2D eigenvalue weighted by molar-refractivity contribution is 0.0451. The van der Waals surface area contributed by atoms with Crippen LogP contribution < -0.4 is 0 Å². The van der Waals surface area contributed by atoms with Gasteiger partial charge in [-0.25, -0.2) is 4.39 Å². The Bertz CT molecular complexity index is 93.1. The molecule has 1 rings (SSSR count). The van der Waals surface area contributed by atoms with E-state index in [1.165, 1.54) is 0 Å². The molecule has 1 saturated carbocycles. The summed E-state index contributed by atoms with van der Waals surface area (Å²) in [6, 6.07) is 0. The number of hydrogen-bond acceptors (Lipinski definition) is 0. The summed E-state index contributed by atoms with van der Waals surface area (Å²) >= 11 is 3.31. The smallest absolute Gasteiger partial charge is 0.123 e. The summed E-state index contributed by atoms with van der Waals surface area (Å²) in [4.78, 5) is 0. The quantitative estimate of drug-likeness (QED) is 0.504. The molecule has 0 aliphatic heterocycles. The summed E-state index contributed by atoms with van der Waals surface area (Å²) in [6.45, 7) is 3.54. The van der Waals surface area contributed by atoms with Crippen LogP contribution in [0.3, 0.4) is 0 Å². The van der Waals surface area contributed by atoms with E-state index in [0.717, 1.165) is 6.42 Å². The van der Waals surface area contributed by atoms with Crippen LogP contribution in [-0.4, -0.2) is 9.99 Å². The van der Waals surface area contributed by atoms with Gasteiger partial charge in [0.05, 0.1) is 4.32 Å². The van der Waals surface area contributed by atoms with Crippen LogP contribution in [0.2, 0.25) is 0 Å². The topological polar surface area (TPSA) is 0 Å². The first-order valence-electron chi connectivity index (χ1n) is 2.84. The average molecular weight is 181 g/mol. The zero-order valence-electron chi connectivity index (χ0n) is 5.17. The molecule has 0 N–H and O–H groups in total. The Kier molecular flexibility index (Phi) is 1.20. The molecule has 0 radical (unpaired) electrons. The second-order valence-electron chi connectivity index (χ2n) is 2.89. The summed E-state index contributed by atoms with van der Waals surface area (Å²) in [5.41, 5.74) is -0.965. The van der Waals surface area contributed by atoms with Gasteiger partial charge in [0.1, 0.15) is 5.67 Å². The van der Waals surface area contributed by atoms with Crippen molar-refractivity contribution in [3.63, 3.8) is 0 Å². The highest BCUT2D eigenvalue weighted by Crippen LogP contribution is 2.50. The lowest BCUT2D eigenvalue weighted by Gasteiger charge is -2.46. The molecule has 0 saturated heterocycles. The molecule has 0 spiro atoms. The van der Waals surface area contributed by atoms with E-state index in [1.807, 2.05) is 6.92 Å². The van der Waals surface area contributed by atoms with Crippen LogP contribution in [0.15, 0.2) is 0 Å². The number of alkyl halides is 2. The lowest BCUT2D eigenvalue weighted by atomic mass is 9.73. The average Bonchev–Trinajstić information content (AvgIpc) is 1.64. The molecule has 0 aromatic carbocycles. The van der Waals surface area contributed by atoms with Crippen LogP contribution >= 0.6 is 15.9 Å². The van der Waals surface area contributed by atoms with E-state index < -0.39 is 5.67 Å². The van der Waals surface area contributed by atoms with Gasteiger partial charge in [0.15, 0.2) is 0 Å². The number of halogens is 2. The molecule has 2 heteroatoms. The molecule has 0 bridgehead atoms. The minimum Gasteiger partial charge on any atom is -0.243 e. The first-order valence-corrected chi connectivity index (χ1v) is 3.63. The molecule has 1 aliphatic carbocycles. The Morgan fingerprint density at radius 3 is 1.75 bits per heavy atom. The SMILES string of the molecule is C[C@@]1(F)CC[C@@]1(C)Br. The van der Waals surface area contributed by atoms with Gasteiger partial charge in [0, 0.05) is 0 Å². The summed E-state index contributed by atoms with van der Waals surface area (Å²) < 4.78 is 12.7. The highest BCUT2D eigenvalue weighted by molar-refractivity contribution is 9.10. The van der Waals surface area contributed by atoms with Crippen molar-refractivity contribution in [2.75, 3.05) is 0 Å². The predicted octanol–water partition coefficient (Wildman–Crippen LogP) is 2.66. The Balaban J connectivity index is 2.63. The van der Waals surface area contributed by atoms with Crippen LogP contribution in [0.25, 0.3) is 0 Å². The molecule has 8 heavy (non-hydrogen) atoms. The molecule has 0 nitrogen and oxygen atoms in total. The molecule has 1 aliphatic rings. The number of hydrogen-bond donors (Lipinski definition) is 0. The molecule has 2 atom stereocenters. The van der Waals surface area contributed by atoms with Crippen LogP contribution in [-0.2, 0) is 0 Å². The van der Waals surface area contributed by atoms with Gasteiger partial charge in [-0.2, -0.15) is 0 Å². The second-order valence-corrected chi connectivity index (χ2v) is 4.65. The van der Waals surface area contributed by atoms with Crippen molar-refractivity contribution in [2.45, 2.75) is 36.7 Å². The van der Waals surface area contributed by atoms with Crippen molar-refractivity contribution >= 4 is 15.9 Å². The van der Waals surface area contributed by atoms with E-state index in [1.54, 1.807) is 6.92 Å². The zero-order valence-corrected chi connectivity index (χ0v) is 6.76. The fourth-order valence-electron chi connectivity index (χ4n) is 0.814. The molecular weight excluding hydrogens is 171 g/mol. The number of rotatable bonds is 0. The first kappa shape index (κ1) is 6.53. The molecule has 0 heterocycles. The van der Waals surface area contributed by atoms with Gasteiger partial charge >= 0.3 is 0 Å². The van der Waals surface area contributed by atoms with Gasteiger partial charge in [-0.15, -0.1) is 0 Å². The zero-order chi connectivity index (χ0) is 6.41.